The fraction of sp³-hybridized carbons (Fsp3) is 0.217. The normalized spacial score (nSPS) is 10.6. The summed E-state index contributed by atoms with van der Waals surface area (Å²) in [7, 11) is 1.47. The number of carbonyl (C=O) groups is 1. The monoisotopic (exact) mass is 410 g/mol. The van der Waals surface area contributed by atoms with Gasteiger partial charge >= 0.3 is 0 Å². The standard InChI is InChI=1S/C23H23FN2O4/c1-13-8-17(24)9-14(2)23(13)30-21-7-6-18(25-16(4)27)10-19(21)26-12-15(3)20(28)11-22(26)29-5/h6-12H,1-5H3,(H,25,27). The number of methoxy groups -OCH3 is 1. The van der Waals surface area contributed by atoms with Crippen molar-refractivity contribution >= 4 is 11.6 Å². The van der Waals surface area contributed by atoms with Gasteiger partial charge in [0, 0.05) is 30.4 Å². The number of halogens is 1. The van der Waals surface area contributed by atoms with Crippen LogP contribution in [0.4, 0.5) is 10.1 Å². The minimum Gasteiger partial charge on any atom is -0.482 e. The number of benzene rings is 2. The molecule has 0 saturated heterocycles. The average Bonchev–Trinajstić information content (AvgIpc) is 2.66. The second kappa shape index (κ2) is 8.41. The minimum atomic E-state index is -0.337. The quantitative estimate of drug-likeness (QED) is 0.664. The molecule has 3 rings (SSSR count). The van der Waals surface area contributed by atoms with Gasteiger partial charge in [0.15, 0.2) is 11.2 Å². The fourth-order valence-electron chi connectivity index (χ4n) is 3.20. The Morgan fingerprint density at radius 3 is 2.30 bits per heavy atom. The van der Waals surface area contributed by atoms with Crippen molar-refractivity contribution in [2.24, 2.45) is 0 Å². The first-order valence-electron chi connectivity index (χ1n) is 9.33. The molecule has 1 aromatic heterocycles. The van der Waals surface area contributed by atoms with Crippen LogP contribution in [0.2, 0.25) is 0 Å². The first-order valence-corrected chi connectivity index (χ1v) is 9.33. The Labute approximate surface area is 173 Å². The molecule has 6 nitrogen and oxygen atoms in total. The lowest BCUT2D eigenvalue weighted by Gasteiger charge is -2.20. The second-order valence-corrected chi connectivity index (χ2v) is 7.07. The van der Waals surface area contributed by atoms with Crippen LogP contribution < -0.4 is 20.2 Å². The summed E-state index contributed by atoms with van der Waals surface area (Å²) in [6, 6.07) is 9.32. The van der Waals surface area contributed by atoms with Crippen LogP contribution in [0.1, 0.15) is 23.6 Å². The van der Waals surface area contributed by atoms with Gasteiger partial charge in [0.25, 0.3) is 0 Å². The van der Waals surface area contributed by atoms with Crippen molar-refractivity contribution in [2.45, 2.75) is 27.7 Å². The van der Waals surface area contributed by atoms with E-state index in [2.05, 4.69) is 5.32 Å². The van der Waals surface area contributed by atoms with Crippen molar-refractivity contribution in [3.63, 3.8) is 0 Å². The topological polar surface area (TPSA) is 69.6 Å². The zero-order valence-electron chi connectivity index (χ0n) is 17.5. The summed E-state index contributed by atoms with van der Waals surface area (Å²) >= 11 is 0. The van der Waals surface area contributed by atoms with Gasteiger partial charge in [0.2, 0.25) is 11.8 Å². The summed E-state index contributed by atoms with van der Waals surface area (Å²) in [6.45, 7) is 6.64. The Morgan fingerprint density at radius 1 is 1.03 bits per heavy atom. The molecule has 0 radical (unpaired) electrons. The van der Waals surface area contributed by atoms with E-state index in [-0.39, 0.29) is 17.2 Å². The number of pyridine rings is 1. The van der Waals surface area contributed by atoms with E-state index >= 15 is 0 Å². The van der Waals surface area contributed by atoms with E-state index in [1.807, 2.05) is 0 Å². The molecule has 0 fully saturated rings. The minimum absolute atomic E-state index is 0.159. The highest BCUT2D eigenvalue weighted by Crippen LogP contribution is 2.36. The van der Waals surface area contributed by atoms with Crippen LogP contribution in [0, 0.1) is 26.6 Å². The third-order valence-corrected chi connectivity index (χ3v) is 4.59. The first-order chi connectivity index (χ1) is 14.2. The maximum atomic E-state index is 13.7. The highest BCUT2D eigenvalue weighted by molar-refractivity contribution is 5.89. The molecule has 0 aliphatic rings. The summed E-state index contributed by atoms with van der Waals surface area (Å²) in [6.07, 6.45) is 1.64. The summed E-state index contributed by atoms with van der Waals surface area (Å²) in [5.41, 5.74) is 2.75. The summed E-state index contributed by atoms with van der Waals surface area (Å²) < 4.78 is 26.9. The number of anilines is 1. The van der Waals surface area contributed by atoms with E-state index in [0.29, 0.717) is 45.4 Å². The third-order valence-electron chi connectivity index (χ3n) is 4.59. The molecule has 2 aromatic carbocycles. The van der Waals surface area contributed by atoms with E-state index in [9.17, 15) is 14.0 Å². The smallest absolute Gasteiger partial charge is 0.221 e. The molecule has 1 N–H and O–H groups in total. The number of aromatic nitrogens is 1. The predicted molar refractivity (Wildman–Crippen MR) is 114 cm³/mol. The van der Waals surface area contributed by atoms with E-state index in [0.717, 1.165) is 0 Å². The molecule has 0 atom stereocenters. The first kappa shape index (κ1) is 21.1. The number of hydrogen-bond donors (Lipinski definition) is 1. The van der Waals surface area contributed by atoms with Crippen molar-refractivity contribution < 1.29 is 18.7 Å². The molecule has 30 heavy (non-hydrogen) atoms. The number of nitrogens with zero attached hydrogens (tertiary/aromatic N) is 1. The molecule has 0 spiro atoms. The maximum Gasteiger partial charge on any atom is 0.221 e. The van der Waals surface area contributed by atoms with Crippen molar-refractivity contribution in [1.82, 2.24) is 4.57 Å². The lowest BCUT2D eigenvalue weighted by atomic mass is 10.1. The van der Waals surface area contributed by atoms with Crippen molar-refractivity contribution in [3.8, 4) is 23.1 Å². The highest BCUT2D eigenvalue weighted by Gasteiger charge is 2.16. The molecule has 0 saturated carbocycles. The van der Waals surface area contributed by atoms with Crippen molar-refractivity contribution in [3.05, 3.63) is 75.3 Å². The number of carbonyl (C=O) groups excluding carboxylic acids is 1. The van der Waals surface area contributed by atoms with Gasteiger partial charge in [-0.15, -0.1) is 0 Å². The van der Waals surface area contributed by atoms with Gasteiger partial charge in [-0.05, 0) is 62.2 Å². The lowest BCUT2D eigenvalue weighted by molar-refractivity contribution is -0.114. The van der Waals surface area contributed by atoms with Crippen molar-refractivity contribution in [2.75, 3.05) is 12.4 Å². The molecule has 0 unspecified atom stereocenters. The van der Waals surface area contributed by atoms with Crippen LogP contribution in [-0.4, -0.2) is 17.6 Å². The van der Waals surface area contributed by atoms with Gasteiger partial charge in [0.05, 0.1) is 12.8 Å². The molecular formula is C23H23FN2O4. The number of rotatable bonds is 5. The Balaban J connectivity index is 2.21. The molecule has 0 aliphatic carbocycles. The Hall–Kier alpha value is -3.61. The van der Waals surface area contributed by atoms with E-state index in [1.54, 1.807) is 49.7 Å². The van der Waals surface area contributed by atoms with Gasteiger partial charge < -0.3 is 14.8 Å². The van der Waals surface area contributed by atoms with E-state index in [1.165, 1.54) is 32.2 Å². The van der Waals surface area contributed by atoms with Crippen LogP contribution in [-0.2, 0) is 4.79 Å². The van der Waals surface area contributed by atoms with Crippen LogP contribution in [0.5, 0.6) is 17.4 Å². The van der Waals surface area contributed by atoms with Gasteiger partial charge in [-0.2, -0.15) is 0 Å². The van der Waals surface area contributed by atoms with Gasteiger partial charge in [-0.3, -0.25) is 14.2 Å². The van der Waals surface area contributed by atoms with Crippen LogP contribution in [0.25, 0.3) is 5.69 Å². The largest absolute Gasteiger partial charge is 0.482 e. The maximum absolute atomic E-state index is 13.7. The average molecular weight is 410 g/mol. The molecule has 1 heterocycles. The van der Waals surface area contributed by atoms with Crippen molar-refractivity contribution in [1.29, 1.82) is 0 Å². The zero-order chi connectivity index (χ0) is 22.0. The highest BCUT2D eigenvalue weighted by atomic mass is 19.1. The molecule has 1 amide bonds. The van der Waals surface area contributed by atoms with Crippen LogP contribution >= 0.6 is 0 Å². The number of ether oxygens (including phenoxy) is 2. The van der Waals surface area contributed by atoms with Gasteiger partial charge in [-0.1, -0.05) is 0 Å². The SMILES string of the molecule is COc1cc(=O)c(C)cn1-c1cc(NC(C)=O)ccc1Oc1c(C)cc(F)cc1C. The van der Waals surface area contributed by atoms with Gasteiger partial charge in [0.1, 0.15) is 11.6 Å². The fourth-order valence-corrected chi connectivity index (χ4v) is 3.20. The number of hydrogen-bond acceptors (Lipinski definition) is 4. The second-order valence-electron chi connectivity index (χ2n) is 7.07. The van der Waals surface area contributed by atoms with E-state index < -0.39 is 0 Å². The molecular weight excluding hydrogens is 387 g/mol. The van der Waals surface area contributed by atoms with Crippen LogP contribution in [0.15, 0.2) is 47.4 Å². The molecule has 0 aliphatic heterocycles. The molecule has 0 bridgehead atoms. The Morgan fingerprint density at radius 2 is 1.70 bits per heavy atom. The number of aryl methyl sites for hydroxylation is 3. The number of nitrogens with one attached hydrogen (secondary N) is 1. The lowest BCUT2D eigenvalue weighted by Crippen LogP contribution is -2.12. The molecule has 7 heteroatoms. The summed E-state index contributed by atoms with van der Waals surface area (Å²) in [4.78, 5) is 23.6. The molecule has 3 aromatic rings. The Bertz CT molecular complexity index is 1160. The van der Waals surface area contributed by atoms with E-state index in [4.69, 9.17) is 9.47 Å². The zero-order valence-corrected chi connectivity index (χ0v) is 17.5. The predicted octanol–water partition coefficient (Wildman–Crippen LogP) is 4.66. The van der Waals surface area contributed by atoms with Gasteiger partial charge in [-0.25, -0.2) is 4.39 Å². The molecule has 156 valence electrons. The Kier molecular flexibility index (Phi) is 5.91. The number of amides is 1. The summed E-state index contributed by atoms with van der Waals surface area (Å²) in [5.74, 6) is 0.729. The van der Waals surface area contributed by atoms with Crippen LogP contribution in [0.3, 0.4) is 0 Å². The summed E-state index contributed by atoms with van der Waals surface area (Å²) in [5, 5.41) is 2.74. The third kappa shape index (κ3) is 4.35.